The number of halogens is 2. The molecule has 1 saturated heterocycles. The number of benzene rings is 1. The Labute approximate surface area is 184 Å². The second-order valence-electron chi connectivity index (χ2n) is 7.83. The second-order valence-corrected chi connectivity index (χ2v) is 8.61. The van der Waals surface area contributed by atoms with Crippen molar-refractivity contribution in [3.8, 4) is 5.82 Å². The van der Waals surface area contributed by atoms with Gasteiger partial charge < -0.3 is 15.5 Å². The van der Waals surface area contributed by atoms with E-state index in [1.807, 2.05) is 0 Å². The normalized spacial score (nSPS) is 17.4. The van der Waals surface area contributed by atoms with Crippen molar-refractivity contribution in [2.45, 2.75) is 18.8 Å². The van der Waals surface area contributed by atoms with Crippen molar-refractivity contribution in [3.05, 3.63) is 39.9 Å². The van der Waals surface area contributed by atoms with Crippen molar-refractivity contribution in [1.82, 2.24) is 29.3 Å². The molecule has 0 bridgehead atoms. The summed E-state index contributed by atoms with van der Waals surface area (Å²) >= 11 is 13.1. The van der Waals surface area contributed by atoms with Crippen LogP contribution in [0.4, 0.5) is 5.82 Å². The van der Waals surface area contributed by atoms with E-state index in [1.165, 1.54) is 6.33 Å². The molecule has 3 aromatic rings. The number of likely N-dealkylation sites (tertiary alicyclic amines) is 1. The summed E-state index contributed by atoms with van der Waals surface area (Å²) in [5.74, 6) is 0.603. The third-order valence-corrected chi connectivity index (χ3v) is 6.17. The van der Waals surface area contributed by atoms with Crippen LogP contribution >= 0.6 is 23.2 Å². The van der Waals surface area contributed by atoms with E-state index < -0.39 is 0 Å². The molecule has 4 rings (SSSR count). The summed E-state index contributed by atoms with van der Waals surface area (Å²) in [6.45, 7) is 1.86. The lowest BCUT2D eigenvalue weighted by molar-refractivity contribution is 0.0825. The number of imidazole rings is 1. The van der Waals surface area contributed by atoms with E-state index in [0.717, 1.165) is 42.5 Å². The zero-order chi connectivity index (χ0) is 21.6. The van der Waals surface area contributed by atoms with Crippen molar-refractivity contribution in [2.24, 2.45) is 0 Å². The second kappa shape index (κ2) is 8.02. The maximum Gasteiger partial charge on any atom is 0.255 e. The molecule has 8 nitrogen and oxygen atoms in total. The number of nitrogen functional groups attached to an aromatic ring is 1. The highest BCUT2D eigenvalue weighted by Gasteiger charge is 2.30. The fraction of sp³-hybridized carbons (Fsp3) is 0.400. The first kappa shape index (κ1) is 20.8. The largest absolute Gasteiger partial charge is 0.382 e. The van der Waals surface area contributed by atoms with Gasteiger partial charge in [-0.15, -0.1) is 0 Å². The van der Waals surface area contributed by atoms with E-state index in [4.69, 9.17) is 28.9 Å². The number of carbonyl (C=O) groups excluding carboxylic acids is 1. The van der Waals surface area contributed by atoms with Gasteiger partial charge in [0.2, 0.25) is 0 Å². The Morgan fingerprint density at radius 3 is 2.73 bits per heavy atom. The number of carbonyl (C=O) groups is 1. The van der Waals surface area contributed by atoms with E-state index >= 15 is 0 Å². The van der Waals surface area contributed by atoms with Crippen molar-refractivity contribution in [2.75, 3.05) is 40.0 Å². The molecule has 1 aromatic carbocycles. The predicted octanol–water partition coefficient (Wildman–Crippen LogP) is 3.22. The van der Waals surface area contributed by atoms with Gasteiger partial charge in [-0.3, -0.25) is 9.36 Å². The first-order valence-electron chi connectivity index (χ1n) is 9.65. The van der Waals surface area contributed by atoms with Crippen LogP contribution < -0.4 is 5.73 Å². The number of hydrogen-bond acceptors (Lipinski definition) is 6. The molecule has 1 atom stereocenters. The highest BCUT2D eigenvalue weighted by molar-refractivity contribution is 6.35. The molecule has 10 heteroatoms. The van der Waals surface area contributed by atoms with Crippen molar-refractivity contribution >= 4 is 46.0 Å². The minimum absolute atomic E-state index is 0.135. The van der Waals surface area contributed by atoms with Gasteiger partial charge in [-0.05, 0) is 44.0 Å². The summed E-state index contributed by atoms with van der Waals surface area (Å²) in [6, 6.07) is 1.74. The Morgan fingerprint density at radius 1 is 1.27 bits per heavy atom. The minimum atomic E-state index is -0.135. The predicted molar refractivity (Wildman–Crippen MR) is 119 cm³/mol. The number of anilines is 1. The molecule has 1 aliphatic rings. The molecular formula is C20H23Cl2N7O. The van der Waals surface area contributed by atoms with Crippen LogP contribution in [0.5, 0.6) is 0 Å². The summed E-state index contributed by atoms with van der Waals surface area (Å²) in [4.78, 5) is 29.7. The van der Waals surface area contributed by atoms with E-state index in [0.29, 0.717) is 16.4 Å². The topological polar surface area (TPSA) is 93.2 Å². The third-order valence-electron chi connectivity index (χ3n) is 5.51. The molecule has 1 fully saturated rings. The number of likely N-dealkylation sites (N-methyl/N-ethyl adjacent to an activating group) is 1. The molecular weight excluding hydrogens is 425 g/mol. The number of piperidine rings is 1. The molecule has 1 aliphatic heterocycles. The number of fused-ring (bicyclic) bond motifs is 1. The molecule has 30 heavy (non-hydrogen) atoms. The molecule has 0 aliphatic carbocycles. The van der Waals surface area contributed by atoms with Gasteiger partial charge in [0.15, 0.2) is 5.82 Å². The third kappa shape index (κ3) is 3.49. The van der Waals surface area contributed by atoms with E-state index in [-0.39, 0.29) is 22.7 Å². The summed E-state index contributed by atoms with van der Waals surface area (Å²) in [6.07, 6.45) is 4.99. The Balaban J connectivity index is 2.00. The van der Waals surface area contributed by atoms with Gasteiger partial charge in [-0.1, -0.05) is 23.2 Å². The average molecular weight is 448 g/mol. The van der Waals surface area contributed by atoms with E-state index in [1.54, 1.807) is 36.0 Å². The number of aromatic nitrogens is 4. The van der Waals surface area contributed by atoms with Gasteiger partial charge in [0.1, 0.15) is 23.5 Å². The number of nitrogens with zero attached hydrogens (tertiary/aromatic N) is 6. The van der Waals surface area contributed by atoms with Gasteiger partial charge in [0, 0.05) is 20.6 Å². The zero-order valence-corrected chi connectivity index (χ0v) is 18.6. The average Bonchev–Trinajstić information content (AvgIpc) is 3.11. The number of hydrogen-bond donors (Lipinski definition) is 1. The smallest absolute Gasteiger partial charge is 0.255 e. The van der Waals surface area contributed by atoms with Crippen molar-refractivity contribution in [1.29, 1.82) is 0 Å². The minimum Gasteiger partial charge on any atom is -0.382 e. The van der Waals surface area contributed by atoms with E-state index in [9.17, 15) is 4.79 Å². The van der Waals surface area contributed by atoms with Crippen LogP contribution in [-0.4, -0.2) is 69.5 Å². The highest BCUT2D eigenvalue weighted by atomic mass is 35.5. The van der Waals surface area contributed by atoms with Gasteiger partial charge in [0.05, 0.1) is 21.6 Å². The summed E-state index contributed by atoms with van der Waals surface area (Å²) in [7, 11) is 5.53. The van der Waals surface area contributed by atoms with Gasteiger partial charge in [-0.25, -0.2) is 15.0 Å². The van der Waals surface area contributed by atoms with Crippen LogP contribution in [0.1, 0.15) is 34.7 Å². The number of nitrogens with two attached hydrogens (primary N) is 1. The SMILES string of the molecule is CN1CCCC(c2c(C(=O)N(C)C)c(Cl)cc3c2ncn3-c2ncnc(N)c2Cl)C1. The number of amides is 1. The lowest BCUT2D eigenvalue weighted by Gasteiger charge is -2.31. The Bertz CT molecular complexity index is 1130. The van der Waals surface area contributed by atoms with Crippen molar-refractivity contribution in [3.63, 3.8) is 0 Å². The summed E-state index contributed by atoms with van der Waals surface area (Å²) in [5.41, 5.74) is 8.68. The zero-order valence-electron chi connectivity index (χ0n) is 17.1. The molecule has 0 radical (unpaired) electrons. The molecule has 3 heterocycles. The Morgan fingerprint density at radius 2 is 2.03 bits per heavy atom. The Hall–Kier alpha value is -2.42. The maximum absolute atomic E-state index is 13.1. The molecule has 1 unspecified atom stereocenters. The van der Waals surface area contributed by atoms with E-state index in [2.05, 4.69) is 26.9 Å². The first-order valence-corrected chi connectivity index (χ1v) is 10.4. The summed E-state index contributed by atoms with van der Waals surface area (Å²) in [5, 5.41) is 0.615. The highest BCUT2D eigenvalue weighted by Crippen LogP contribution is 2.39. The molecule has 2 aromatic heterocycles. The summed E-state index contributed by atoms with van der Waals surface area (Å²) < 4.78 is 1.74. The number of rotatable bonds is 3. The van der Waals surface area contributed by atoms with Gasteiger partial charge in [-0.2, -0.15) is 0 Å². The van der Waals surface area contributed by atoms with Gasteiger partial charge >= 0.3 is 0 Å². The molecule has 0 saturated carbocycles. The van der Waals surface area contributed by atoms with Crippen LogP contribution in [-0.2, 0) is 0 Å². The first-order chi connectivity index (χ1) is 14.3. The lowest BCUT2D eigenvalue weighted by atomic mass is 9.86. The van der Waals surface area contributed by atoms with Crippen LogP contribution in [0.15, 0.2) is 18.7 Å². The van der Waals surface area contributed by atoms with Crippen LogP contribution in [0, 0.1) is 0 Å². The Kier molecular flexibility index (Phi) is 5.57. The maximum atomic E-state index is 13.1. The van der Waals surface area contributed by atoms with Crippen molar-refractivity contribution < 1.29 is 4.79 Å². The molecule has 158 valence electrons. The molecule has 2 N–H and O–H groups in total. The standard InChI is InChI=1S/C20H23Cl2N7O/c1-27(2)20(30)15-12(21)7-13-17(14(15)11-5-4-6-28(3)8-11)26-10-29(13)19-16(22)18(23)24-9-25-19/h7,9-11H,4-6,8H2,1-3H3,(H2,23,24,25). The molecule has 0 spiro atoms. The van der Waals surface area contributed by atoms with Crippen LogP contribution in [0.25, 0.3) is 16.9 Å². The lowest BCUT2D eigenvalue weighted by Crippen LogP contribution is -2.33. The van der Waals surface area contributed by atoms with Crippen LogP contribution in [0.2, 0.25) is 10.0 Å². The fourth-order valence-electron chi connectivity index (χ4n) is 4.09. The fourth-order valence-corrected chi connectivity index (χ4v) is 4.57. The van der Waals surface area contributed by atoms with Gasteiger partial charge in [0.25, 0.3) is 5.91 Å². The monoisotopic (exact) mass is 447 g/mol. The molecule has 1 amide bonds. The van der Waals surface area contributed by atoms with Crippen LogP contribution in [0.3, 0.4) is 0 Å². The quantitative estimate of drug-likeness (QED) is 0.662.